The molecule has 6 heterocycles. The maximum atomic E-state index is 14.0. The highest BCUT2D eigenvalue weighted by Crippen LogP contribution is 2.30. The van der Waals surface area contributed by atoms with E-state index in [4.69, 9.17) is 4.98 Å². The maximum Gasteiger partial charge on any atom is 0.266 e. The number of imidazole rings is 1. The second kappa shape index (κ2) is 14.3. The van der Waals surface area contributed by atoms with Gasteiger partial charge in [-0.25, -0.2) is 30.4 Å². The smallest absolute Gasteiger partial charge is 0.266 e. The van der Waals surface area contributed by atoms with E-state index in [1.54, 1.807) is 36.7 Å². The van der Waals surface area contributed by atoms with E-state index in [-0.39, 0.29) is 9.79 Å². The van der Waals surface area contributed by atoms with Crippen LogP contribution in [0.2, 0.25) is 0 Å². The Bertz CT molecular complexity index is 2430. The molecule has 0 amide bonds. The van der Waals surface area contributed by atoms with Crippen molar-refractivity contribution in [3.05, 3.63) is 60.6 Å². The van der Waals surface area contributed by atoms with Crippen molar-refractivity contribution in [2.75, 3.05) is 78.5 Å². The number of aromatic nitrogens is 3. The molecule has 15 nitrogen and oxygen atoms in total. The molecule has 6 aliphatic rings. The van der Waals surface area contributed by atoms with Crippen LogP contribution in [0.1, 0.15) is 44.2 Å². The molecule has 4 aromatic rings. The number of sulfonamides is 2. The minimum absolute atomic E-state index is 0.200. The predicted molar refractivity (Wildman–Crippen MR) is 215 cm³/mol. The summed E-state index contributed by atoms with van der Waals surface area (Å²) in [6, 6.07) is 15.4. The van der Waals surface area contributed by atoms with Gasteiger partial charge in [-0.1, -0.05) is 18.9 Å². The zero-order valence-electron chi connectivity index (χ0n) is 31.7. The van der Waals surface area contributed by atoms with Crippen LogP contribution in [0.3, 0.4) is 0 Å². The first-order valence-corrected chi connectivity index (χ1v) is 23.1. The van der Waals surface area contributed by atoms with Gasteiger partial charge < -0.3 is 14.4 Å². The molecule has 2 saturated heterocycles. The molecule has 4 aliphatic heterocycles. The Hall–Kier alpha value is -4.32. The molecule has 4 fully saturated rings. The highest BCUT2D eigenvalue weighted by atomic mass is 32.2. The molecule has 0 unspecified atom stereocenters. The minimum Gasteiger partial charge on any atom is -0.339 e. The lowest BCUT2D eigenvalue weighted by Gasteiger charge is -2.44. The molecule has 0 radical (unpaired) electrons. The van der Waals surface area contributed by atoms with E-state index in [1.807, 2.05) is 22.8 Å². The standard InChI is InChI=1S/C39H49N11O4S2/c51-55(52,49-15-13-40-38(49)46-21-17-44(18-22-46)31-3-1-4-31)33-9-11-35-29(25-33)7-8-30(43-35)27-48-28-42-36-26-34(10-12-37(36)48)56(53,54)50-16-14-41-39(50)47-23-19-45(20-24-47)32-5-2-6-32/h7-12,25-26,28,31-32H,1-6,13-24,27H2. The maximum absolute atomic E-state index is 14.0. The molecule has 0 atom stereocenters. The fourth-order valence-corrected chi connectivity index (χ4v) is 12.0. The van der Waals surface area contributed by atoms with Gasteiger partial charge in [0, 0.05) is 69.8 Å². The second-order valence-electron chi connectivity index (χ2n) is 15.9. The van der Waals surface area contributed by atoms with Gasteiger partial charge in [-0.15, -0.1) is 0 Å². The monoisotopic (exact) mass is 799 g/mol. The summed E-state index contributed by atoms with van der Waals surface area (Å²) in [4.78, 5) is 28.5. The number of rotatable bonds is 8. The van der Waals surface area contributed by atoms with Crippen LogP contribution >= 0.6 is 0 Å². The summed E-state index contributed by atoms with van der Waals surface area (Å²) >= 11 is 0. The van der Waals surface area contributed by atoms with Crippen LogP contribution in [0.25, 0.3) is 21.9 Å². The summed E-state index contributed by atoms with van der Waals surface area (Å²) in [6.07, 6.45) is 9.38. The number of nitrogens with zero attached hydrogens (tertiary/aromatic N) is 11. The summed E-state index contributed by atoms with van der Waals surface area (Å²) in [7, 11) is -7.64. The number of hydrogen-bond donors (Lipinski definition) is 0. The molecule has 17 heteroatoms. The highest BCUT2D eigenvalue weighted by molar-refractivity contribution is 7.90. The van der Waals surface area contributed by atoms with Crippen molar-refractivity contribution < 1.29 is 16.8 Å². The van der Waals surface area contributed by atoms with Gasteiger partial charge in [0.05, 0.1) is 71.1 Å². The Labute approximate surface area is 328 Å². The van der Waals surface area contributed by atoms with Gasteiger partial charge in [-0.05, 0) is 68.1 Å². The summed E-state index contributed by atoms with van der Waals surface area (Å²) in [6.45, 7) is 8.87. The van der Waals surface area contributed by atoms with Crippen LogP contribution in [0.15, 0.2) is 74.6 Å². The molecular formula is C39H49N11O4S2. The molecule has 0 bridgehead atoms. The first kappa shape index (κ1) is 36.0. The number of hydrogen-bond acceptors (Lipinski definition) is 12. The second-order valence-corrected chi connectivity index (χ2v) is 19.6. The van der Waals surface area contributed by atoms with Crippen molar-refractivity contribution >= 4 is 53.9 Å². The van der Waals surface area contributed by atoms with Gasteiger partial charge >= 0.3 is 0 Å². The molecule has 0 N–H and O–H groups in total. The normalized spacial score (nSPS) is 22.2. The molecule has 56 heavy (non-hydrogen) atoms. The number of benzene rings is 2. The van der Waals surface area contributed by atoms with Gasteiger partial charge in [0.15, 0.2) is 0 Å². The van der Waals surface area contributed by atoms with E-state index in [0.29, 0.717) is 67.8 Å². The minimum atomic E-state index is -3.83. The zero-order valence-corrected chi connectivity index (χ0v) is 33.3. The lowest BCUT2D eigenvalue weighted by Crippen LogP contribution is -2.56. The summed E-state index contributed by atoms with van der Waals surface area (Å²) in [5.74, 6) is 1.12. The lowest BCUT2D eigenvalue weighted by molar-refractivity contribution is 0.0833. The fourth-order valence-electron chi connectivity index (χ4n) is 9.04. The van der Waals surface area contributed by atoms with E-state index < -0.39 is 20.0 Å². The molecule has 0 spiro atoms. The van der Waals surface area contributed by atoms with E-state index in [2.05, 4.69) is 34.6 Å². The van der Waals surface area contributed by atoms with Crippen molar-refractivity contribution in [3.8, 4) is 0 Å². The van der Waals surface area contributed by atoms with Gasteiger partial charge in [0.2, 0.25) is 11.9 Å². The van der Waals surface area contributed by atoms with E-state index in [1.165, 1.54) is 47.1 Å². The average Bonchev–Trinajstić information content (AvgIpc) is 3.95. The average molecular weight is 800 g/mol. The van der Waals surface area contributed by atoms with E-state index in [9.17, 15) is 16.8 Å². The SMILES string of the molecule is O=S(=O)(c1ccc2nc(Cn3cnc4cc(S(=O)(=O)N5CCN=C5N5CCN(C6CCC6)CC5)ccc43)ccc2c1)N1CCN=C1N1CCN(C2CCC2)CC1. The quantitative estimate of drug-likeness (QED) is 0.261. The third-order valence-electron chi connectivity index (χ3n) is 12.8. The number of guanidine groups is 2. The molecule has 296 valence electrons. The molecular weight excluding hydrogens is 751 g/mol. The third kappa shape index (κ3) is 6.40. The first-order valence-electron chi connectivity index (χ1n) is 20.2. The Morgan fingerprint density at radius 2 is 1.14 bits per heavy atom. The summed E-state index contributed by atoms with van der Waals surface area (Å²) in [5.41, 5.74) is 2.84. The molecule has 2 aliphatic carbocycles. The van der Waals surface area contributed by atoms with Crippen LogP contribution in [0.5, 0.6) is 0 Å². The van der Waals surface area contributed by atoms with Crippen LogP contribution < -0.4 is 0 Å². The Morgan fingerprint density at radius 1 is 0.589 bits per heavy atom. The highest BCUT2D eigenvalue weighted by Gasteiger charge is 2.38. The van der Waals surface area contributed by atoms with Gasteiger partial charge in [-0.2, -0.15) is 0 Å². The van der Waals surface area contributed by atoms with Crippen LogP contribution in [0.4, 0.5) is 0 Å². The zero-order chi connectivity index (χ0) is 38.0. The van der Waals surface area contributed by atoms with E-state index >= 15 is 0 Å². The van der Waals surface area contributed by atoms with Crippen molar-refractivity contribution in [2.45, 2.75) is 66.9 Å². The van der Waals surface area contributed by atoms with Crippen LogP contribution in [-0.2, 0) is 26.6 Å². The Kier molecular flexibility index (Phi) is 9.18. The predicted octanol–water partition coefficient (Wildman–Crippen LogP) is 2.69. The van der Waals surface area contributed by atoms with Crippen molar-refractivity contribution in [2.24, 2.45) is 9.98 Å². The summed E-state index contributed by atoms with van der Waals surface area (Å²) < 4.78 is 60.8. The number of piperazine rings is 2. The van der Waals surface area contributed by atoms with Crippen LogP contribution in [0, 0.1) is 0 Å². The van der Waals surface area contributed by atoms with Gasteiger partial charge in [0.1, 0.15) is 0 Å². The molecule has 10 rings (SSSR count). The van der Waals surface area contributed by atoms with Crippen molar-refractivity contribution in [3.63, 3.8) is 0 Å². The Balaban J connectivity index is 0.814. The van der Waals surface area contributed by atoms with Crippen molar-refractivity contribution in [1.82, 2.24) is 42.7 Å². The lowest BCUT2D eigenvalue weighted by atomic mass is 9.91. The number of aliphatic imine (C=N–C) groups is 2. The molecule has 2 aromatic carbocycles. The topological polar surface area (TPSA) is 143 Å². The number of fused-ring (bicyclic) bond motifs is 2. The third-order valence-corrected chi connectivity index (χ3v) is 16.3. The summed E-state index contributed by atoms with van der Waals surface area (Å²) in [5, 5.41) is 0.733. The fraction of sp³-hybridized carbons (Fsp3) is 0.538. The van der Waals surface area contributed by atoms with Crippen molar-refractivity contribution in [1.29, 1.82) is 0 Å². The van der Waals surface area contributed by atoms with E-state index in [0.717, 1.165) is 69.0 Å². The molecule has 2 saturated carbocycles. The number of pyridine rings is 1. The van der Waals surface area contributed by atoms with Gasteiger partial charge in [-0.3, -0.25) is 24.8 Å². The van der Waals surface area contributed by atoms with Gasteiger partial charge in [0.25, 0.3) is 20.0 Å². The van der Waals surface area contributed by atoms with Crippen LogP contribution in [-0.4, -0.2) is 162 Å². The Morgan fingerprint density at radius 3 is 1.70 bits per heavy atom. The first-order chi connectivity index (χ1) is 27.2. The largest absolute Gasteiger partial charge is 0.339 e. The molecule has 2 aromatic heterocycles.